The molecule has 0 fully saturated rings. The number of hydrogen-bond acceptors (Lipinski definition) is 5. The highest BCUT2D eigenvalue weighted by atomic mass is 16.6. The van der Waals surface area contributed by atoms with Gasteiger partial charge in [0.05, 0.1) is 20.6 Å². The minimum atomic E-state index is -0.557. The average molecular weight is 366 g/mol. The van der Waals surface area contributed by atoms with E-state index in [4.69, 9.17) is 14.2 Å². The summed E-state index contributed by atoms with van der Waals surface area (Å²) >= 11 is 0. The molecule has 1 aromatic carbocycles. The first-order valence-corrected chi connectivity index (χ1v) is 8.50. The molecule has 0 radical (unpaired) electrons. The number of rotatable bonds is 7. The molecule has 7 heteroatoms. The molecule has 7 nitrogen and oxygen atoms in total. The third-order valence-electron chi connectivity index (χ3n) is 3.54. The van der Waals surface area contributed by atoms with E-state index >= 15 is 0 Å². The van der Waals surface area contributed by atoms with Gasteiger partial charge in [0.25, 0.3) is 0 Å². The van der Waals surface area contributed by atoms with Crippen LogP contribution in [0.1, 0.15) is 33.3 Å². The zero-order valence-electron chi connectivity index (χ0n) is 16.7. The summed E-state index contributed by atoms with van der Waals surface area (Å²) < 4.78 is 15.7. The van der Waals surface area contributed by atoms with Crippen molar-refractivity contribution < 1.29 is 23.8 Å². The van der Waals surface area contributed by atoms with Crippen molar-refractivity contribution in [3.05, 3.63) is 23.8 Å². The first kappa shape index (κ1) is 21.6. The Morgan fingerprint density at radius 2 is 1.77 bits per heavy atom. The van der Waals surface area contributed by atoms with Crippen LogP contribution < -0.4 is 14.8 Å². The second kappa shape index (κ2) is 9.31. The molecule has 0 aliphatic rings. The van der Waals surface area contributed by atoms with Crippen LogP contribution in [0.25, 0.3) is 0 Å². The Kier molecular flexibility index (Phi) is 7.74. The number of nitrogens with one attached hydrogen (secondary N) is 1. The highest BCUT2D eigenvalue weighted by Gasteiger charge is 2.19. The van der Waals surface area contributed by atoms with Gasteiger partial charge in [-0.2, -0.15) is 0 Å². The summed E-state index contributed by atoms with van der Waals surface area (Å²) in [5.41, 5.74) is 0.270. The number of methoxy groups -OCH3 is 2. The van der Waals surface area contributed by atoms with Crippen LogP contribution in [0.15, 0.2) is 18.2 Å². The van der Waals surface area contributed by atoms with Gasteiger partial charge < -0.3 is 24.4 Å². The fourth-order valence-corrected chi connectivity index (χ4v) is 2.37. The normalized spacial score (nSPS) is 12.1. The van der Waals surface area contributed by atoms with E-state index in [9.17, 15) is 9.59 Å². The number of likely N-dealkylation sites (N-methyl/N-ethyl adjacent to an activating group) is 1. The minimum Gasteiger partial charge on any atom is -0.493 e. The third-order valence-corrected chi connectivity index (χ3v) is 3.54. The van der Waals surface area contributed by atoms with Gasteiger partial charge in [-0.25, -0.2) is 4.79 Å². The lowest BCUT2D eigenvalue weighted by atomic mass is 10.1. The van der Waals surface area contributed by atoms with E-state index in [1.807, 2.05) is 13.0 Å². The standard InChI is InChI=1S/C19H30N2O5/c1-13(20-18(23)26-19(2,3)4)12-21(5)17(22)11-14-8-9-15(24-6)16(10-14)25-7/h8-10,13H,11-12H2,1-7H3,(H,20,23)/t13-/m0/s1. The van der Waals surface area contributed by atoms with Gasteiger partial charge >= 0.3 is 6.09 Å². The van der Waals surface area contributed by atoms with Crippen molar-refractivity contribution in [2.75, 3.05) is 27.8 Å². The molecule has 0 saturated carbocycles. The number of carbonyl (C=O) groups excluding carboxylic acids is 2. The predicted octanol–water partition coefficient (Wildman–Crippen LogP) is 2.62. The van der Waals surface area contributed by atoms with Crippen LogP contribution in [-0.4, -0.2) is 56.4 Å². The Bertz CT molecular complexity index is 625. The van der Waals surface area contributed by atoms with E-state index in [0.29, 0.717) is 18.0 Å². The Morgan fingerprint density at radius 3 is 2.31 bits per heavy atom. The lowest BCUT2D eigenvalue weighted by Gasteiger charge is -2.25. The maximum absolute atomic E-state index is 12.4. The van der Waals surface area contributed by atoms with E-state index in [0.717, 1.165) is 5.56 Å². The van der Waals surface area contributed by atoms with Crippen LogP contribution in [0.5, 0.6) is 11.5 Å². The molecule has 0 bridgehead atoms. The van der Waals surface area contributed by atoms with E-state index in [1.54, 1.807) is 59.1 Å². The Labute approximate surface area is 155 Å². The molecule has 0 aliphatic carbocycles. The Hall–Kier alpha value is -2.44. The van der Waals surface area contributed by atoms with Crippen molar-refractivity contribution in [3.63, 3.8) is 0 Å². The molecule has 2 amide bonds. The summed E-state index contributed by atoms with van der Waals surface area (Å²) in [6.07, 6.45) is -0.263. The highest BCUT2D eigenvalue weighted by Crippen LogP contribution is 2.27. The van der Waals surface area contributed by atoms with E-state index < -0.39 is 11.7 Å². The molecule has 26 heavy (non-hydrogen) atoms. The van der Waals surface area contributed by atoms with Crippen LogP contribution in [0.2, 0.25) is 0 Å². The van der Waals surface area contributed by atoms with Crippen molar-refractivity contribution >= 4 is 12.0 Å². The summed E-state index contributed by atoms with van der Waals surface area (Å²) in [5, 5.41) is 2.73. The number of carbonyl (C=O) groups is 2. The minimum absolute atomic E-state index is 0.0601. The molecular formula is C19H30N2O5. The second-order valence-electron chi connectivity index (χ2n) is 7.19. The molecule has 0 saturated heterocycles. The Morgan fingerprint density at radius 1 is 1.15 bits per heavy atom. The molecule has 1 N–H and O–H groups in total. The number of benzene rings is 1. The molecular weight excluding hydrogens is 336 g/mol. The molecule has 0 aromatic heterocycles. The Balaban J connectivity index is 2.58. The van der Waals surface area contributed by atoms with Crippen LogP contribution in [0.3, 0.4) is 0 Å². The summed E-state index contributed by atoms with van der Waals surface area (Å²) in [7, 11) is 4.82. The fraction of sp³-hybridized carbons (Fsp3) is 0.579. The van der Waals surface area contributed by atoms with Gasteiger partial charge in [0.2, 0.25) is 5.91 Å². The molecule has 0 aliphatic heterocycles. The molecule has 1 atom stereocenters. The third kappa shape index (κ3) is 7.21. The van der Waals surface area contributed by atoms with E-state index in [-0.39, 0.29) is 18.4 Å². The summed E-state index contributed by atoms with van der Waals surface area (Å²) in [6, 6.07) is 5.15. The summed E-state index contributed by atoms with van der Waals surface area (Å²) in [5.74, 6) is 1.14. The van der Waals surface area contributed by atoms with Gasteiger partial charge in [-0.15, -0.1) is 0 Å². The van der Waals surface area contributed by atoms with Gasteiger partial charge in [0.15, 0.2) is 11.5 Å². The van der Waals surface area contributed by atoms with Crippen LogP contribution in [0, 0.1) is 0 Å². The van der Waals surface area contributed by atoms with E-state index in [1.165, 1.54) is 0 Å². The SMILES string of the molecule is COc1ccc(CC(=O)N(C)C[C@H](C)NC(=O)OC(C)(C)C)cc1OC. The van der Waals surface area contributed by atoms with Gasteiger partial charge in [-0.3, -0.25) is 4.79 Å². The number of nitrogens with zero attached hydrogens (tertiary/aromatic N) is 1. The van der Waals surface area contributed by atoms with Gasteiger partial charge in [-0.1, -0.05) is 6.07 Å². The fourth-order valence-electron chi connectivity index (χ4n) is 2.37. The largest absolute Gasteiger partial charge is 0.493 e. The van der Waals surface area contributed by atoms with Crippen LogP contribution in [-0.2, 0) is 16.0 Å². The van der Waals surface area contributed by atoms with E-state index in [2.05, 4.69) is 5.32 Å². The van der Waals surface area contributed by atoms with Crippen molar-refractivity contribution in [2.45, 2.75) is 45.8 Å². The zero-order valence-corrected chi connectivity index (χ0v) is 16.7. The highest BCUT2D eigenvalue weighted by molar-refractivity contribution is 5.79. The molecule has 0 spiro atoms. The summed E-state index contributed by atoms with van der Waals surface area (Å²) in [4.78, 5) is 25.8. The second-order valence-corrected chi connectivity index (χ2v) is 7.19. The average Bonchev–Trinajstić information content (AvgIpc) is 2.52. The predicted molar refractivity (Wildman–Crippen MR) is 99.7 cm³/mol. The number of hydrogen-bond donors (Lipinski definition) is 1. The molecule has 1 aromatic rings. The first-order valence-electron chi connectivity index (χ1n) is 8.50. The monoisotopic (exact) mass is 366 g/mol. The first-order chi connectivity index (χ1) is 12.1. The maximum atomic E-state index is 12.4. The van der Waals surface area contributed by atoms with Crippen LogP contribution in [0.4, 0.5) is 4.79 Å². The molecule has 146 valence electrons. The molecule has 1 rings (SSSR count). The lowest BCUT2D eigenvalue weighted by Crippen LogP contribution is -2.44. The summed E-state index contributed by atoms with van der Waals surface area (Å²) in [6.45, 7) is 7.61. The number of amides is 2. The van der Waals surface area contributed by atoms with Crippen molar-refractivity contribution in [1.29, 1.82) is 0 Å². The van der Waals surface area contributed by atoms with Crippen molar-refractivity contribution in [3.8, 4) is 11.5 Å². The topological polar surface area (TPSA) is 77.1 Å². The molecule has 0 heterocycles. The lowest BCUT2D eigenvalue weighted by molar-refractivity contribution is -0.129. The zero-order chi connectivity index (χ0) is 19.9. The molecule has 0 unspecified atom stereocenters. The van der Waals surface area contributed by atoms with Crippen molar-refractivity contribution in [1.82, 2.24) is 10.2 Å². The quantitative estimate of drug-likeness (QED) is 0.803. The van der Waals surface area contributed by atoms with Crippen molar-refractivity contribution in [2.24, 2.45) is 0 Å². The van der Waals surface area contributed by atoms with Crippen LogP contribution >= 0.6 is 0 Å². The number of ether oxygens (including phenoxy) is 3. The van der Waals surface area contributed by atoms with Gasteiger partial charge in [0, 0.05) is 19.6 Å². The smallest absolute Gasteiger partial charge is 0.407 e. The van der Waals surface area contributed by atoms with Gasteiger partial charge in [-0.05, 0) is 45.4 Å². The maximum Gasteiger partial charge on any atom is 0.407 e. The van der Waals surface area contributed by atoms with Gasteiger partial charge in [0.1, 0.15) is 5.60 Å². The number of alkyl carbamates (subject to hydrolysis) is 1.